The monoisotopic (exact) mass is 468 g/mol. The van der Waals surface area contributed by atoms with Gasteiger partial charge in [-0.2, -0.15) is 10.1 Å². The van der Waals surface area contributed by atoms with Crippen LogP contribution in [0.5, 0.6) is 0 Å². The third-order valence-electron chi connectivity index (χ3n) is 5.14. The second-order valence-corrected chi connectivity index (χ2v) is 7.57. The number of hydrogen-bond acceptors (Lipinski definition) is 7. The molecule has 0 aliphatic rings. The summed E-state index contributed by atoms with van der Waals surface area (Å²) in [7, 11) is 0. The number of carbonyl (C=O) groups is 2. The van der Waals surface area contributed by atoms with Gasteiger partial charge in [-0.25, -0.2) is 4.68 Å². The molecule has 0 saturated carbocycles. The van der Waals surface area contributed by atoms with Gasteiger partial charge in [0.2, 0.25) is 11.7 Å². The van der Waals surface area contributed by atoms with Crippen LogP contribution in [0.15, 0.2) is 94.5 Å². The molecule has 0 unspecified atom stereocenters. The topological polar surface area (TPSA) is 128 Å². The van der Waals surface area contributed by atoms with Crippen LogP contribution in [0.4, 0.5) is 5.69 Å². The maximum atomic E-state index is 12.5. The van der Waals surface area contributed by atoms with Crippen molar-refractivity contribution < 1.29 is 18.5 Å². The lowest BCUT2D eigenvalue weighted by Crippen LogP contribution is -2.25. The first-order chi connectivity index (χ1) is 17.2. The van der Waals surface area contributed by atoms with Crippen LogP contribution in [0, 0.1) is 0 Å². The summed E-state index contributed by atoms with van der Waals surface area (Å²) in [5.41, 5.74) is 3.07. The van der Waals surface area contributed by atoms with Gasteiger partial charge >= 0.3 is 0 Å². The van der Waals surface area contributed by atoms with Crippen LogP contribution in [-0.2, 0) is 6.42 Å². The van der Waals surface area contributed by atoms with E-state index >= 15 is 0 Å². The third kappa shape index (κ3) is 5.17. The van der Waals surface area contributed by atoms with Crippen LogP contribution in [0.2, 0.25) is 0 Å². The van der Waals surface area contributed by atoms with E-state index in [0.29, 0.717) is 41.5 Å². The maximum absolute atomic E-state index is 12.5. The molecule has 0 saturated heterocycles. The van der Waals surface area contributed by atoms with Crippen LogP contribution < -0.4 is 10.6 Å². The van der Waals surface area contributed by atoms with Crippen molar-refractivity contribution in [1.82, 2.24) is 25.2 Å². The highest BCUT2D eigenvalue weighted by atomic mass is 16.5. The zero-order valence-electron chi connectivity index (χ0n) is 18.4. The molecule has 2 amide bonds. The van der Waals surface area contributed by atoms with Crippen molar-refractivity contribution in [2.45, 2.75) is 6.42 Å². The predicted molar refractivity (Wildman–Crippen MR) is 126 cm³/mol. The van der Waals surface area contributed by atoms with Crippen molar-refractivity contribution in [3.63, 3.8) is 0 Å². The van der Waals surface area contributed by atoms with Crippen LogP contribution >= 0.6 is 0 Å². The number of anilines is 1. The highest BCUT2D eigenvalue weighted by Gasteiger charge is 2.11. The van der Waals surface area contributed by atoms with E-state index < -0.39 is 0 Å². The van der Waals surface area contributed by atoms with Crippen LogP contribution in [0.1, 0.15) is 26.6 Å². The normalized spacial score (nSPS) is 10.7. The Hall–Kier alpha value is -4.99. The summed E-state index contributed by atoms with van der Waals surface area (Å²) in [5, 5.41) is 13.8. The molecular weight excluding hydrogens is 448 g/mol. The summed E-state index contributed by atoms with van der Waals surface area (Å²) >= 11 is 0. The van der Waals surface area contributed by atoms with Gasteiger partial charge in [0.25, 0.3) is 11.8 Å². The van der Waals surface area contributed by atoms with Gasteiger partial charge in [-0.15, -0.1) is 0 Å². The van der Waals surface area contributed by atoms with Crippen molar-refractivity contribution in [1.29, 1.82) is 0 Å². The Bertz CT molecular complexity index is 1420. The van der Waals surface area contributed by atoms with E-state index in [9.17, 15) is 9.59 Å². The van der Waals surface area contributed by atoms with Gasteiger partial charge in [0, 0.05) is 24.1 Å². The van der Waals surface area contributed by atoms with Gasteiger partial charge in [0.05, 0.1) is 35.6 Å². The van der Waals surface area contributed by atoms with Gasteiger partial charge in [-0.05, 0) is 30.3 Å². The third-order valence-corrected chi connectivity index (χ3v) is 5.14. The van der Waals surface area contributed by atoms with Crippen molar-refractivity contribution in [3.05, 3.63) is 103 Å². The number of carbonyl (C=O) groups excluding carboxylic acids is 2. The summed E-state index contributed by atoms with van der Waals surface area (Å²) in [6.07, 6.45) is 6.45. The fourth-order valence-electron chi connectivity index (χ4n) is 3.34. The largest absolute Gasteiger partial charge is 0.472 e. The second kappa shape index (κ2) is 9.87. The number of amides is 2. The molecule has 174 valence electrons. The zero-order valence-corrected chi connectivity index (χ0v) is 18.4. The van der Waals surface area contributed by atoms with Crippen molar-refractivity contribution in [2.75, 3.05) is 11.9 Å². The van der Waals surface area contributed by atoms with Gasteiger partial charge in [0.15, 0.2) is 0 Å². The van der Waals surface area contributed by atoms with Gasteiger partial charge < -0.3 is 19.6 Å². The van der Waals surface area contributed by atoms with E-state index in [-0.39, 0.29) is 11.8 Å². The molecule has 5 aromatic rings. The van der Waals surface area contributed by atoms with Crippen molar-refractivity contribution >= 4 is 17.5 Å². The smallest absolute Gasteiger partial charge is 0.259 e. The predicted octanol–water partition coefficient (Wildman–Crippen LogP) is 3.74. The molecular formula is C25H20N6O4. The number of hydrogen-bond donors (Lipinski definition) is 2. The highest BCUT2D eigenvalue weighted by Crippen LogP contribution is 2.16. The molecule has 0 fully saturated rings. The second-order valence-electron chi connectivity index (χ2n) is 7.57. The Labute approximate surface area is 199 Å². The molecule has 0 atom stereocenters. The first kappa shape index (κ1) is 21.8. The van der Waals surface area contributed by atoms with Crippen molar-refractivity contribution in [2.24, 2.45) is 0 Å². The SMILES string of the molecule is O=C(NCCc1nc(-c2ccccc2)no1)c1ccc(-n2cc(NC(=O)c3ccoc3)cn2)cc1. The minimum Gasteiger partial charge on any atom is -0.472 e. The molecule has 10 nitrogen and oxygen atoms in total. The van der Waals surface area contributed by atoms with Gasteiger partial charge in [-0.1, -0.05) is 35.5 Å². The first-order valence-corrected chi connectivity index (χ1v) is 10.8. The Morgan fingerprint density at radius 3 is 2.54 bits per heavy atom. The summed E-state index contributed by atoms with van der Waals surface area (Å²) in [6, 6.07) is 18.1. The molecule has 3 aromatic heterocycles. The molecule has 5 rings (SSSR count). The molecule has 2 aromatic carbocycles. The molecule has 0 spiro atoms. The van der Waals surface area contributed by atoms with E-state index in [1.807, 2.05) is 30.3 Å². The summed E-state index contributed by atoms with van der Waals surface area (Å²) < 4.78 is 11.8. The number of furan rings is 1. The molecule has 2 N–H and O–H groups in total. The van der Waals surface area contributed by atoms with Gasteiger partial charge in [-0.3, -0.25) is 9.59 Å². The first-order valence-electron chi connectivity index (χ1n) is 10.8. The number of rotatable bonds is 8. The number of nitrogens with zero attached hydrogens (tertiary/aromatic N) is 4. The summed E-state index contributed by atoms with van der Waals surface area (Å²) in [4.78, 5) is 29.0. The standard InChI is InChI=1S/C25H20N6O4/c32-24(26-12-10-22-29-23(30-35-22)17-4-2-1-3-5-17)18-6-8-21(9-7-18)31-15-20(14-27-31)28-25(33)19-11-13-34-16-19/h1-9,11,13-16H,10,12H2,(H,26,32)(H,28,33). The minimum atomic E-state index is -0.290. The Morgan fingerprint density at radius 2 is 1.77 bits per heavy atom. The summed E-state index contributed by atoms with van der Waals surface area (Å²) in [5.74, 6) is 0.467. The number of benzene rings is 2. The highest BCUT2D eigenvalue weighted by molar-refractivity contribution is 6.03. The lowest BCUT2D eigenvalue weighted by molar-refractivity contribution is 0.0952. The fraction of sp³-hybridized carbons (Fsp3) is 0.0800. The Balaban J connectivity index is 1.14. The van der Waals surface area contributed by atoms with E-state index in [0.717, 1.165) is 11.3 Å². The van der Waals surface area contributed by atoms with Gasteiger partial charge in [0.1, 0.15) is 6.26 Å². The zero-order chi connectivity index (χ0) is 24.0. The van der Waals surface area contributed by atoms with Crippen LogP contribution in [0.25, 0.3) is 17.1 Å². The molecule has 35 heavy (non-hydrogen) atoms. The number of nitrogens with one attached hydrogen (secondary N) is 2. The van der Waals surface area contributed by atoms with E-state index in [1.54, 1.807) is 47.4 Å². The lowest BCUT2D eigenvalue weighted by atomic mass is 10.2. The summed E-state index contributed by atoms with van der Waals surface area (Å²) in [6.45, 7) is 0.357. The Kier molecular flexibility index (Phi) is 6.16. The van der Waals surface area contributed by atoms with E-state index in [2.05, 4.69) is 25.9 Å². The molecule has 0 bridgehead atoms. The number of aromatic nitrogens is 4. The average Bonchev–Trinajstić information content (AvgIpc) is 3.67. The van der Waals surface area contributed by atoms with E-state index in [4.69, 9.17) is 8.94 Å². The average molecular weight is 468 g/mol. The molecule has 3 heterocycles. The molecule has 0 radical (unpaired) electrons. The maximum Gasteiger partial charge on any atom is 0.259 e. The van der Waals surface area contributed by atoms with E-state index in [1.165, 1.54) is 12.5 Å². The molecule has 0 aliphatic carbocycles. The fourth-order valence-corrected chi connectivity index (χ4v) is 3.34. The quantitative estimate of drug-likeness (QED) is 0.355. The molecule has 0 aliphatic heterocycles. The molecule has 10 heteroatoms. The lowest BCUT2D eigenvalue weighted by Gasteiger charge is -2.05. The van der Waals surface area contributed by atoms with Crippen molar-refractivity contribution in [3.8, 4) is 17.1 Å². The Morgan fingerprint density at radius 1 is 0.943 bits per heavy atom. The van der Waals surface area contributed by atoms with Crippen LogP contribution in [0.3, 0.4) is 0 Å². The van der Waals surface area contributed by atoms with Crippen LogP contribution in [-0.4, -0.2) is 38.3 Å². The minimum absolute atomic E-state index is 0.215.